The Hall–Kier alpha value is -2.77. The maximum absolute atomic E-state index is 14.3. The highest BCUT2D eigenvalue weighted by molar-refractivity contribution is 7.98. The van der Waals surface area contributed by atoms with Crippen molar-refractivity contribution in [3.8, 4) is 0 Å². The van der Waals surface area contributed by atoms with Gasteiger partial charge in [-0.15, -0.1) is 0 Å². The maximum atomic E-state index is 14.3. The number of hydrogen-bond acceptors (Lipinski definition) is 8. The van der Waals surface area contributed by atoms with Crippen LogP contribution in [0.15, 0.2) is 59.5 Å². The highest BCUT2D eigenvalue weighted by atomic mass is 32.2. The van der Waals surface area contributed by atoms with E-state index in [1.54, 1.807) is 19.1 Å². The highest BCUT2D eigenvalue weighted by Crippen LogP contribution is 2.33. The molecule has 2 aromatic carbocycles. The number of Topliss-reactive ketones (excluding diaryl/α,β-unsaturated/α-hetero) is 1. The quantitative estimate of drug-likeness (QED) is 0.150. The highest BCUT2D eigenvalue weighted by Gasteiger charge is 2.55. The second kappa shape index (κ2) is 15.9. The lowest BCUT2D eigenvalue weighted by Crippen LogP contribution is -2.68. The van der Waals surface area contributed by atoms with E-state index >= 15 is 0 Å². The fraction of sp³-hybridized carbons (Fsp3) is 0.464. The fourth-order valence-corrected chi connectivity index (χ4v) is 7.14. The second-order valence-corrected chi connectivity index (χ2v) is 12.4. The van der Waals surface area contributed by atoms with Crippen molar-refractivity contribution >= 4 is 39.4 Å². The maximum Gasteiger partial charge on any atom is 0.322 e. The Labute approximate surface area is 240 Å². The van der Waals surface area contributed by atoms with Crippen LogP contribution in [0.3, 0.4) is 0 Å². The summed E-state index contributed by atoms with van der Waals surface area (Å²) >= 11 is 1.39. The average molecular weight is 593 g/mol. The number of hydrogen-bond donors (Lipinski definition) is 4. The van der Waals surface area contributed by atoms with E-state index in [4.69, 9.17) is 11.5 Å². The summed E-state index contributed by atoms with van der Waals surface area (Å²) in [6.07, 6.45) is 0.762. The monoisotopic (exact) mass is 592 g/mol. The molecule has 2 aromatic rings. The van der Waals surface area contributed by atoms with Gasteiger partial charge in [-0.2, -0.15) is 16.1 Å². The van der Waals surface area contributed by atoms with E-state index in [-0.39, 0.29) is 36.6 Å². The summed E-state index contributed by atoms with van der Waals surface area (Å²) in [4.78, 5) is 39.4. The molecule has 6 N–H and O–H groups in total. The van der Waals surface area contributed by atoms with Crippen molar-refractivity contribution in [1.29, 1.82) is 0 Å². The summed E-state index contributed by atoms with van der Waals surface area (Å²) in [6, 6.07) is 14.5. The van der Waals surface area contributed by atoms with Gasteiger partial charge < -0.3 is 21.9 Å². The molecule has 0 heterocycles. The zero-order chi connectivity index (χ0) is 29.8. The van der Waals surface area contributed by atoms with E-state index in [1.165, 1.54) is 23.9 Å². The van der Waals surface area contributed by atoms with Crippen LogP contribution in [0.1, 0.15) is 43.7 Å². The van der Waals surface area contributed by atoms with Gasteiger partial charge in [0.2, 0.25) is 15.9 Å². The number of rotatable bonds is 18. The summed E-state index contributed by atoms with van der Waals surface area (Å²) in [5.74, 6) is -2.43. The minimum atomic E-state index is -4.39. The van der Waals surface area contributed by atoms with Crippen molar-refractivity contribution in [2.24, 2.45) is 11.5 Å². The van der Waals surface area contributed by atoms with Gasteiger partial charge in [-0.1, -0.05) is 55.0 Å². The van der Waals surface area contributed by atoms with Gasteiger partial charge in [0.05, 0.1) is 10.9 Å². The molecule has 2 atom stereocenters. The third kappa shape index (κ3) is 8.61. The Balaban J connectivity index is 2.60. The third-order valence-corrected chi connectivity index (χ3v) is 9.46. The molecule has 0 radical (unpaired) electrons. The number of nitrogens with one attached hydrogen (secondary N) is 1. The Morgan fingerprint density at radius 2 is 1.73 bits per heavy atom. The summed E-state index contributed by atoms with van der Waals surface area (Å²) < 4.78 is 29.1. The molecule has 12 heteroatoms. The second-order valence-electron chi connectivity index (χ2n) is 9.54. The molecule has 0 saturated heterocycles. The van der Waals surface area contributed by atoms with Crippen LogP contribution in [-0.4, -0.2) is 72.5 Å². The molecule has 0 aliphatic heterocycles. The standard InChI is InChI=1S/C28H40N4O6S2/c1-3-17-32(40(37,38)23-13-11-21(2)12-14-23)28(15-7-8-16-29,27(36)31-18-25(33)34)26(35)24(30)20-39-19-22-9-5-4-6-10-22/h4-6,9-14,24H,3,7-8,15-20,29-30H2,1-2H3,(H,31,36)(H,33,34)/t24-,28+/m0/s1. The molecule has 0 fully saturated rings. The summed E-state index contributed by atoms with van der Waals surface area (Å²) in [5, 5.41) is 11.5. The Morgan fingerprint density at radius 1 is 1.07 bits per heavy atom. The van der Waals surface area contributed by atoms with Crippen molar-refractivity contribution in [3.63, 3.8) is 0 Å². The predicted octanol–water partition coefficient (Wildman–Crippen LogP) is 2.29. The number of aliphatic carboxylic acids is 1. The molecule has 220 valence electrons. The zero-order valence-corrected chi connectivity index (χ0v) is 24.7. The summed E-state index contributed by atoms with van der Waals surface area (Å²) in [5.41, 5.74) is 11.7. The minimum Gasteiger partial charge on any atom is -0.480 e. The molecular weight excluding hydrogens is 552 g/mol. The van der Waals surface area contributed by atoms with Crippen molar-refractivity contribution in [1.82, 2.24) is 9.62 Å². The third-order valence-electron chi connectivity index (χ3n) is 6.38. The van der Waals surface area contributed by atoms with Gasteiger partial charge in [0.15, 0.2) is 11.3 Å². The molecule has 2 rings (SSSR count). The minimum absolute atomic E-state index is 0.0828. The molecule has 0 saturated carbocycles. The van der Waals surface area contributed by atoms with Gasteiger partial charge >= 0.3 is 5.97 Å². The smallest absolute Gasteiger partial charge is 0.322 e. The van der Waals surface area contributed by atoms with E-state index in [2.05, 4.69) is 5.32 Å². The number of benzene rings is 2. The molecule has 0 aliphatic rings. The van der Waals surface area contributed by atoms with Crippen LogP contribution in [0.5, 0.6) is 0 Å². The predicted molar refractivity (Wildman–Crippen MR) is 157 cm³/mol. The number of carbonyl (C=O) groups is 3. The number of thioether (sulfide) groups is 1. The van der Waals surface area contributed by atoms with Crippen molar-refractivity contribution < 1.29 is 27.9 Å². The van der Waals surface area contributed by atoms with Crippen molar-refractivity contribution in [2.75, 3.05) is 25.4 Å². The number of nitrogens with two attached hydrogens (primary N) is 2. The number of unbranched alkanes of at least 4 members (excludes halogenated alkanes) is 1. The molecule has 0 aromatic heterocycles. The first kappa shape index (κ1) is 33.4. The number of sulfonamides is 1. The Bertz CT molecular complexity index is 1230. The molecule has 0 aliphatic carbocycles. The van der Waals surface area contributed by atoms with Crippen LogP contribution in [0.4, 0.5) is 0 Å². The first-order valence-corrected chi connectivity index (χ1v) is 15.8. The van der Waals surface area contributed by atoms with Gasteiger partial charge in [-0.3, -0.25) is 14.4 Å². The number of aryl methyl sites for hydroxylation is 1. The largest absolute Gasteiger partial charge is 0.480 e. The van der Waals surface area contributed by atoms with E-state index in [9.17, 15) is 27.9 Å². The normalized spacial score (nSPS) is 13.9. The van der Waals surface area contributed by atoms with Gasteiger partial charge in [0, 0.05) is 18.1 Å². The van der Waals surface area contributed by atoms with Gasteiger partial charge in [0.1, 0.15) is 6.54 Å². The number of carbonyl (C=O) groups excluding carboxylic acids is 2. The summed E-state index contributed by atoms with van der Waals surface area (Å²) in [6.45, 7) is 2.87. The van der Waals surface area contributed by atoms with Gasteiger partial charge in [-0.05, 0) is 56.8 Å². The molecule has 0 unspecified atom stereocenters. The topological polar surface area (TPSA) is 173 Å². The fourth-order valence-electron chi connectivity index (χ4n) is 4.35. The van der Waals surface area contributed by atoms with Crippen molar-refractivity contribution in [3.05, 3.63) is 65.7 Å². The molecule has 0 bridgehead atoms. The zero-order valence-electron chi connectivity index (χ0n) is 23.0. The average Bonchev–Trinajstić information content (AvgIpc) is 2.93. The lowest BCUT2D eigenvalue weighted by atomic mass is 9.83. The Kier molecular flexibility index (Phi) is 13.3. The first-order valence-electron chi connectivity index (χ1n) is 13.2. The molecule has 40 heavy (non-hydrogen) atoms. The lowest BCUT2D eigenvalue weighted by Gasteiger charge is -2.41. The van der Waals surface area contributed by atoms with E-state index in [0.717, 1.165) is 15.4 Å². The van der Waals surface area contributed by atoms with Crippen molar-refractivity contribution in [2.45, 2.75) is 61.8 Å². The number of ketones is 1. The van der Waals surface area contributed by atoms with Crippen LogP contribution in [0.2, 0.25) is 0 Å². The molecule has 10 nitrogen and oxygen atoms in total. The van der Waals surface area contributed by atoms with E-state index in [0.29, 0.717) is 18.6 Å². The van der Waals surface area contributed by atoms with E-state index < -0.39 is 45.8 Å². The SMILES string of the molecule is CCCN([C@@](CCCCN)(C(=O)NCC(=O)O)C(=O)[C@@H](N)CSCc1ccccc1)S(=O)(=O)c1ccc(C)cc1. The number of carboxylic acids is 1. The number of nitrogens with zero attached hydrogens (tertiary/aromatic N) is 1. The molecule has 0 spiro atoms. The first-order chi connectivity index (χ1) is 19.0. The van der Waals surface area contributed by atoms with Crippen LogP contribution in [-0.2, 0) is 30.2 Å². The van der Waals surface area contributed by atoms with Crippen LogP contribution in [0.25, 0.3) is 0 Å². The molecular formula is C28H40N4O6S2. The van der Waals surface area contributed by atoms with E-state index in [1.807, 2.05) is 37.3 Å². The number of carboxylic acid groups (broad SMARTS) is 1. The lowest BCUT2D eigenvalue weighted by molar-refractivity contribution is -0.146. The Morgan fingerprint density at radius 3 is 2.30 bits per heavy atom. The summed E-state index contributed by atoms with van der Waals surface area (Å²) in [7, 11) is -4.39. The number of amides is 1. The van der Waals surface area contributed by atoms with Crippen LogP contribution in [0, 0.1) is 6.92 Å². The van der Waals surface area contributed by atoms with Crippen LogP contribution >= 0.6 is 11.8 Å². The van der Waals surface area contributed by atoms with Gasteiger partial charge in [0.25, 0.3) is 0 Å². The molecule has 1 amide bonds. The van der Waals surface area contributed by atoms with Gasteiger partial charge in [-0.25, -0.2) is 8.42 Å². The van der Waals surface area contributed by atoms with Crippen LogP contribution < -0.4 is 16.8 Å².